The van der Waals surface area contributed by atoms with Crippen LogP contribution in [0.1, 0.15) is 39.0 Å². The molecular weight excluding hydrogens is 294 g/mol. The number of carbonyl (C=O) groups excluding carboxylic acids is 1. The van der Waals surface area contributed by atoms with Gasteiger partial charge in [-0.2, -0.15) is 26.3 Å². The molecule has 0 saturated heterocycles. The zero-order chi connectivity index (χ0) is 15.8. The molecule has 0 bridgehead atoms. The van der Waals surface area contributed by atoms with Gasteiger partial charge in [0.1, 0.15) is 5.60 Å². The Morgan fingerprint density at radius 3 is 1.80 bits per heavy atom. The van der Waals surface area contributed by atoms with Crippen LogP contribution in [0.25, 0.3) is 0 Å². The van der Waals surface area contributed by atoms with Gasteiger partial charge in [-0.3, -0.25) is 4.79 Å². The third kappa shape index (κ3) is 2.72. The van der Waals surface area contributed by atoms with Gasteiger partial charge in [0.05, 0.1) is 0 Å². The second kappa shape index (κ2) is 5.09. The first kappa shape index (κ1) is 17.1. The Hall–Kier alpha value is -0.990. The van der Waals surface area contributed by atoms with E-state index < -0.39 is 29.5 Å². The second-order valence-electron chi connectivity index (χ2n) is 4.81. The summed E-state index contributed by atoms with van der Waals surface area (Å²) in [4.78, 5) is 11.3. The molecule has 0 N–H and O–H groups in total. The van der Waals surface area contributed by atoms with E-state index in [4.69, 9.17) is 0 Å². The Morgan fingerprint density at radius 1 is 1.10 bits per heavy atom. The summed E-state index contributed by atoms with van der Waals surface area (Å²) in [6.07, 6.45) is -11.2. The van der Waals surface area contributed by atoms with E-state index in [1.54, 1.807) is 0 Å². The van der Waals surface area contributed by atoms with Gasteiger partial charge in [-0.05, 0) is 32.1 Å². The summed E-state index contributed by atoms with van der Waals surface area (Å²) < 4.78 is 78.9. The van der Waals surface area contributed by atoms with Crippen LogP contribution in [0.2, 0.25) is 0 Å². The Labute approximate surface area is 110 Å². The molecule has 118 valence electrons. The summed E-state index contributed by atoms with van der Waals surface area (Å²) in [6, 6.07) is 0. The number of esters is 1. The van der Waals surface area contributed by atoms with Crippen LogP contribution in [-0.4, -0.2) is 29.5 Å². The number of ether oxygens (including phenoxy) is 1. The van der Waals surface area contributed by atoms with Gasteiger partial charge in [-0.1, -0.05) is 6.92 Å². The lowest BCUT2D eigenvalue weighted by molar-refractivity contribution is -0.575. The van der Waals surface area contributed by atoms with Crippen LogP contribution in [0.4, 0.5) is 26.3 Å². The second-order valence-corrected chi connectivity index (χ2v) is 4.81. The zero-order valence-electron chi connectivity index (χ0n) is 10.5. The molecule has 20 heavy (non-hydrogen) atoms. The van der Waals surface area contributed by atoms with Gasteiger partial charge in [0, 0.05) is 0 Å². The van der Waals surface area contributed by atoms with Crippen molar-refractivity contribution in [3.8, 4) is 0 Å². The van der Waals surface area contributed by atoms with Crippen molar-refractivity contribution in [3.05, 3.63) is 0 Å². The highest BCUT2D eigenvalue weighted by molar-refractivity contribution is 5.81. The van der Waals surface area contributed by atoms with Crippen molar-refractivity contribution in [3.63, 3.8) is 0 Å². The average Bonchev–Trinajstić information content (AvgIpc) is 2.74. The van der Waals surface area contributed by atoms with Crippen molar-refractivity contribution in [1.82, 2.24) is 0 Å². The van der Waals surface area contributed by atoms with E-state index in [9.17, 15) is 36.2 Å². The van der Waals surface area contributed by atoms with E-state index in [0.29, 0.717) is 12.8 Å². The number of alkyl halides is 6. The van der Waals surface area contributed by atoms with Crippen LogP contribution < -0.4 is 5.11 Å². The maximum atomic E-state index is 12.4. The van der Waals surface area contributed by atoms with Crippen LogP contribution in [0.3, 0.4) is 0 Å². The summed E-state index contributed by atoms with van der Waals surface area (Å²) in [5, 5.41) is 11.2. The fraction of sp³-hybridized carbons (Fsp3) is 0.909. The Kier molecular flexibility index (Phi) is 4.34. The minimum atomic E-state index is -6.31. The lowest BCUT2D eigenvalue weighted by atomic mass is 9.97. The normalized spacial score (nSPS) is 20.0. The van der Waals surface area contributed by atoms with Crippen molar-refractivity contribution in [2.45, 2.75) is 62.6 Å². The number of hydrogen-bond acceptors (Lipinski definition) is 3. The molecule has 0 aromatic heterocycles. The summed E-state index contributed by atoms with van der Waals surface area (Å²) in [5.74, 6) is -2.82. The summed E-state index contributed by atoms with van der Waals surface area (Å²) >= 11 is 0. The lowest BCUT2D eigenvalue weighted by Gasteiger charge is -2.42. The molecule has 0 radical (unpaired) electrons. The standard InChI is InChI=1S/C11H13F6O3/c1-2-8(5-3-4-6-8)20-7(18)9(19,10(12,13)14)11(15,16)17/h2-6H2,1H3/q-1. The van der Waals surface area contributed by atoms with Crippen molar-refractivity contribution < 1.29 is 41.0 Å². The fourth-order valence-corrected chi connectivity index (χ4v) is 2.21. The molecule has 0 spiro atoms. The minimum absolute atomic E-state index is 0.0601. The number of halogens is 6. The van der Waals surface area contributed by atoms with Gasteiger partial charge >= 0.3 is 18.3 Å². The Morgan fingerprint density at radius 2 is 1.50 bits per heavy atom. The van der Waals surface area contributed by atoms with Crippen LogP contribution in [-0.2, 0) is 9.53 Å². The Balaban J connectivity index is 3.08. The van der Waals surface area contributed by atoms with Crippen molar-refractivity contribution in [1.29, 1.82) is 0 Å². The van der Waals surface area contributed by atoms with Gasteiger partial charge in [0.15, 0.2) is 5.60 Å². The smallest absolute Gasteiger partial charge is 0.399 e. The van der Waals surface area contributed by atoms with E-state index in [2.05, 4.69) is 4.74 Å². The highest BCUT2D eigenvalue weighted by Crippen LogP contribution is 2.44. The molecule has 0 aliphatic heterocycles. The van der Waals surface area contributed by atoms with E-state index in [0.717, 1.165) is 0 Å². The number of carbonyl (C=O) groups is 1. The third-order valence-corrected chi connectivity index (χ3v) is 3.55. The van der Waals surface area contributed by atoms with Crippen molar-refractivity contribution >= 4 is 5.97 Å². The third-order valence-electron chi connectivity index (χ3n) is 3.55. The van der Waals surface area contributed by atoms with Crippen LogP contribution in [0.15, 0.2) is 0 Å². The molecule has 9 heteroatoms. The molecule has 0 atom stereocenters. The average molecular weight is 307 g/mol. The lowest BCUT2D eigenvalue weighted by Crippen LogP contribution is -2.72. The number of rotatable bonds is 3. The first-order chi connectivity index (χ1) is 8.90. The minimum Gasteiger partial charge on any atom is -0.828 e. The van der Waals surface area contributed by atoms with Crippen LogP contribution in [0, 0.1) is 0 Å². The zero-order valence-corrected chi connectivity index (χ0v) is 10.5. The van der Waals surface area contributed by atoms with E-state index in [-0.39, 0.29) is 19.3 Å². The SMILES string of the molecule is CCC1(OC(=O)C([O-])(C(F)(F)F)C(F)(F)F)CCCC1. The highest BCUT2D eigenvalue weighted by atomic mass is 19.4. The van der Waals surface area contributed by atoms with Crippen LogP contribution in [0.5, 0.6) is 0 Å². The maximum Gasteiger partial charge on any atom is 0.399 e. The molecule has 0 aromatic carbocycles. The number of hydrogen-bond donors (Lipinski definition) is 0. The van der Waals surface area contributed by atoms with Gasteiger partial charge in [-0.15, -0.1) is 0 Å². The van der Waals surface area contributed by atoms with E-state index in [1.807, 2.05) is 0 Å². The first-order valence-corrected chi connectivity index (χ1v) is 5.97. The maximum absolute atomic E-state index is 12.4. The molecular formula is C11H13F6O3-. The van der Waals surface area contributed by atoms with Gasteiger partial charge < -0.3 is 9.84 Å². The van der Waals surface area contributed by atoms with Crippen molar-refractivity contribution in [2.24, 2.45) is 0 Å². The van der Waals surface area contributed by atoms with Gasteiger partial charge in [-0.25, -0.2) is 0 Å². The molecule has 0 heterocycles. The van der Waals surface area contributed by atoms with Gasteiger partial charge in [0.25, 0.3) is 0 Å². The molecule has 1 aliphatic rings. The molecule has 0 unspecified atom stereocenters. The highest BCUT2D eigenvalue weighted by Gasteiger charge is 2.68. The molecule has 0 amide bonds. The molecule has 1 aliphatic carbocycles. The van der Waals surface area contributed by atoms with Crippen LogP contribution >= 0.6 is 0 Å². The summed E-state index contributed by atoms with van der Waals surface area (Å²) in [7, 11) is 0. The van der Waals surface area contributed by atoms with Gasteiger partial charge in [0.2, 0.25) is 0 Å². The summed E-state index contributed by atoms with van der Waals surface area (Å²) in [5.41, 5.74) is -7.14. The largest absolute Gasteiger partial charge is 0.828 e. The molecule has 3 nitrogen and oxygen atoms in total. The molecule has 1 fully saturated rings. The van der Waals surface area contributed by atoms with Crippen molar-refractivity contribution in [2.75, 3.05) is 0 Å². The van der Waals surface area contributed by atoms with E-state index in [1.165, 1.54) is 6.92 Å². The van der Waals surface area contributed by atoms with E-state index >= 15 is 0 Å². The predicted molar refractivity (Wildman–Crippen MR) is 52.4 cm³/mol. The first-order valence-electron chi connectivity index (χ1n) is 5.97. The molecule has 1 rings (SSSR count). The topological polar surface area (TPSA) is 49.4 Å². The summed E-state index contributed by atoms with van der Waals surface area (Å²) in [6.45, 7) is 1.48. The predicted octanol–water partition coefficient (Wildman–Crippen LogP) is 2.48. The molecule has 1 saturated carbocycles. The monoisotopic (exact) mass is 307 g/mol. The Bertz CT molecular complexity index is 353. The quantitative estimate of drug-likeness (QED) is 0.594. The molecule has 0 aromatic rings. The fourth-order valence-electron chi connectivity index (χ4n) is 2.21.